The van der Waals surface area contributed by atoms with Crippen LogP contribution in [0.4, 0.5) is 0 Å². The van der Waals surface area contributed by atoms with Crippen molar-refractivity contribution >= 4 is 0 Å². The molecule has 1 aliphatic rings. The summed E-state index contributed by atoms with van der Waals surface area (Å²) >= 11 is 0. The fourth-order valence-corrected chi connectivity index (χ4v) is 5.10. The highest BCUT2D eigenvalue weighted by molar-refractivity contribution is 5.17. The van der Waals surface area contributed by atoms with Gasteiger partial charge in [-0.25, -0.2) is 0 Å². The molecule has 1 heterocycles. The summed E-state index contributed by atoms with van der Waals surface area (Å²) in [4.78, 5) is 0. The van der Waals surface area contributed by atoms with E-state index in [-0.39, 0.29) is 6.61 Å². The van der Waals surface area contributed by atoms with Crippen molar-refractivity contribution in [2.45, 2.75) is 63.6 Å². The van der Waals surface area contributed by atoms with Gasteiger partial charge in [0.15, 0.2) is 5.79 Å². The molecule has 6 heteroatoms. The van der Waals surface area contributed by atoms with Crippen LogP contribution in [0.15, 0.2) is 121 Å². The molecule has 5 rings (SSSR count). The van der Waals surface area contributed by atoms with Crippen LogP contribution in [0.2, 0.25) is 0 Å². The van der Waals surface area contributed by atoms with Gasteiger partial charge in [0.1, 0.15) is 24.4 Å². The van der Waals surface area contributed by atoms with Gasteiger partial charge in [0, 0.05) is 0 Å². The van der Waals surface area contributed by atoms with E-state index in [4.69, 9.17) is 23.7 Å². The molecule has 1 aliphatic heterocycles. The standard InChI is InChI=1S/C35H38O6/c1-35(40-26-30-20-12-5-13-21-30)34(39-25-29-18-10-4-11-19-29)33(38-24-28-16-8-3-9-17-28)32(31(22-36)41-35)37-23-27-14-6-2-7-15-27/h2-21,31-34,36H,22-26H2,1H3/t31-,32-,33+,34-,35?/m1/s1. The molecule has 0 saturated carbocycles. The SMILES string of the molecule is CC1(OCc2ccccc2)O[C@H](CO)[C@@H](OCc2ccccc2)[C@H](OCc2ccccc2)[C@H]1OCc1ccccc1. The van der Waals surface area contributed by atoms with Crippen molar-refractivity contribution in [1.82, 2.24) is 0 Å². The molecule has 1 unspecified atom stereocenters. The largest absolute Gasteiger partial charge is 0.394 e. The molecular formula is C35H38O6. The Morgan fingerprint density at radius 3 is 1.39 bits per heavy atom. The lowest BCUT2D eigenvalue weighted by Crippen LogP contribution is -2.66. The lowest BCUT2D eigenvalue weighted by Gasteiger charge is -2.50. The molecule has 0 amide bonds. The summed E-state index contributed by atoms with van der Waals surface area (Å²) in [5.74, 6) is -1.23. The van der Waals surface area contributed by atoms with Crippen LogP contribution in [-0.2, 0) is 50.1 Å². The highest BCUT2D eigenvalue weighted by Gasteiger charge is 2.55. The van der Waals surface area contributed by atoms with Crippen molar-refractivity contribution in [1.29, 1.82) is 0 Å². The monoisotopic (exact) mass is 554 g/mol. The van der Waals surface area contributed by atoms with Gasteiger partial charge in [0.2, 0.25) is 0 Å². The molecule has 0 spiro atoms. The molecule has 1 saturated heterocycles. The summed E-state index contributed by atoms with van der Waals surface area (Å²) in [7, 11) is 0. The fourth-order valence-electron chi connectivity index (χ4n) is 5.10. The summed E-state index contributed by atoms with van der Waals surface area (Å²) in [5.41, 5.74) is 4.06. The second kappa shape index (κ2) is 14.5. The highest BCUT2D eigenvalue weighted by Crippen LogP contribution is 2.38. The molecule has 1 N–H and O–H groups in total. The lowest BCUT2D eigenvalue weighted by atomic mass is 9.92. The predicted molar refractivity (Wildman–Crippen MR) is 157 cm³/mol. The number of ether oxygens (including phenoxy) is 5. The van der Waals surface area contributed by atoms with Crippen LogP contribution in [0.1, 0.15) is 29.2 Å². The lowest BCUT2D eigenvalue weighted by molar-refractivity contribution is -0.378. The average molecular weight is 555 g/mol. The maximum atomic E-state index is 10.5. The topological polar surface area (TPSA) is 66.4 Å². The molecule has 1 fully saturated rings. The minimum Gasteiger partial charge on any atom is -0.394 e. The second-order valence-electron chi connectivity index (χ2n) is 10.4. The van der Waals surface area contributed by atoms with Crippen LogP contribution in [0.3, 0.4) is 0 Å². The van der Waals surface area contributed by atoms with Gasteiger partial charge in [-0.2, -0.15) is 0 Å². The Morgan fingerprint density at radius 2 is 0.951 bits per heavy atom. The molecule has 41 heavy (non-hydrogen) atoms. The van der Waals surface area contributed by atoms with E-state index in [1.807, 2.05) is 128 Å². The highest BCUT2D eigenvalue weighted by atomic mass is 16.7. The fraction of sp³-hybridized carbons (Fsp3) is 0.314. The van der Waals surface area contributed by atoms with Crippen LogP contribution >= 0.6 is 0 Å². The van der Waals surface area contributed by atoms with E-state index < -0.39 is 30.2 Å². The first-order valence-electron chi connectivity index (χ1n) is 14.1. The van der Waals surface area contributed by atoms with E-state index in [0.717, 1.165) is 22.3 Å². The number of benzene rings is 4. The number of hydrogen-bond acceptors (Lipinski definition) is 6. The Morgan fingerprint density at radius 1 is 0.561 bits per heavy atom. The van der Waals surface area contributed by atoms with Crippen molar-refractivity contribution < 1.29 is 28.8 Å². The van der Waals surface area contributed by atoms with E-state index in [1.54, 1.807) is 0 Å². The van der Waals surface area contributed by atoms with Crippen LogP contribution in [0, 0.1) is 0 Å². The molecule has 0 aliphatic carbocycles. The number of aliphatic hydroxyl groups is 1. The zero-order valence-electron chi connectivity index (χ0n) is 23.4. The van der Waals surface area contributed by atoms with E-state index in [9.17, 15) is 5.11 Å². The zero-order valence-corrected chi connectivity index (χ0v) is 23.4. The third-order valence-corrected chi connectivity index (χ3v) is 7.28. The number of aliphatic hydroxyl groups excluding tert-OH is 1. The average Bonchev–Trinajstić information content (AvgIpc) is 3.03. The third-order valence-electron chi connectivity index (χ3n) is 7.28. The Bertz CT molecular complexity index is 1290. The molecule has 4 aromatic rings. The van der Waals surface area contributed by atoms with Gasteiger partial charge in [-0.1, -0.05) is 121 Å². The zero-order chi connectivity index (χ0) is 28.3. The van der Waals surface area contributed by atoms with Crippen molar-refractivity contribution in [3.8, 4) is 0 Å². The van der Waals surface area contributed by atoms with Crippen LogP contribution in [-0.4, -0.2) is 41.9 Å². The predicted octanol–water partition coefficient (Wildman–Crippen LogP) is 6.07. The number of hydrogen-bond donors (Lipinski definition) is 1. The van der Waals surface area contributed by atoms with E-state index in [1.165, 1.54) is 0 Å². The number of rotatable bonds is 13. The molecule has 5 atom stereocenters. The summed E-state index contributed by atoms with van der Waals surface area (Å²) in [6.07, 6.45) is -2.58. The molecule has 214 valence electrons. The quantitative estimate of drug-likeness (QED) is 0.217. The van der Waals surface area contributed by atoms with Gasteiger partial charge < -0.3 is 28.8 Å². The molecule has 4 aromatic carbocycles. The minimum atomic E-state index is -1.23. The Labute approximate surface area is 242 Å². The molecule has 0 radical (unpaired) electrons. The van der Waals surface area contributed by atoms with E-state index in [0.29, 0.717) is 26.4 Å². The Hall–Kier alpha value is -3.36. The minimum absolute atomic E-state index is 0.264. The Balaban J connectivity index is 1.45. The molecule has 0 bridgehead atoms. The molecule has 0 aromatic heterocycles. The van der Waals surface area contributed by atoms with Gasteiger partial charge in [-0.05, 0) is 29.2 Å². The van der Waals surface area contributed by atoms with Gasteiger partial charge >= 0.3 is 0 Å². The maximum absolute atomic E-state index is 10.5. The first-order chi connectivity index (χ1) is 20.1. The summed E-state index contributed by atoms with van der Waals surface area (Å²) < 4.78 is 32.7. The molecule has 6 nitrogen and oxygen atoms in total. The molecular weight excluding hydrogens is 516 g/mol. The maximum Gasteiger partial charge on any atom is 0.195 e. The van der Waals surface area contributed by atoms with Gasteiger partial charge in [-0.15, -0.1) is 0 Å². The van der Waals surface area contributed by atoms with E-state index in [2.05, 4.69) is 0 Å². The van der Waals surface area contributed by atoms with Crippen molar-refractivity contribution in [3.63, 3.8) is 0 Å². The van der Waals surface area contributed by atoms with Crippen LogP contribution in [0.25, 0.3) is 0 Å². The van der Waals surface area contributed by atoms with E-state index >= 15 is 0 Å². The first kappa shape index (κ1) is 29.1. The summed E-state index contributed by atoms with van der Waals surface area (Å²) in [5, 5.41) is 10.5. The van der Waals surface area contributed by atoms with Gasteiger partial charge in [-0.3, -0.25) is 0 Å². The van der Waals surface area contributed by atoms with Gasteiger partial charge in [0.05, 0.1) is 33.0 Å². The van der Waals surface area contributed by atoms with Crippen LogP contribution < -0.4 is 0 Å². The van der Waals surface area contributed by atoms with Crippen molar-refractivity contribution in [3.05, 3.63) is 144 Å². The summed E-state index contributed by atoms with van der Waals surface area (Å²) in [6.45, 7) is 2.92. The third kappa shape index (κ3) is 7.89. The van der Waals surface area contributed by atoms with Crippen molar-refractivity contribution in [2.75, 3.05) is 6.61 Å². The normalized spacial score (nSPS) is 24.2. The van der Waals surface area contributed by atoms with Crippen molar-refractivity contribution in [2.24, 2.45) is 0 Å². The summed E-state index contributed by atoms with van der Waals surface area (Å²) in [6, 6.07) is 39.8. The smallest absolute Gasteiger partial charge is 0.195 e. The first-order valence-corrected chi connectivity index (χ1v) is 14.1. The Kier molecular flexibility index (Phi) is 10.3. The second-order valence-corrected chi connectivity index (χ2v) is 10.4. The van der Waals surface area contributed by atoms with Crippen LogP contribution in [0.5, 0.6) is 0 Å². The van der Waals surface area contributed by atoms with Gasteiger partial charge in [0.25, 0.3) is 0 Å².